The van der Waals surface area contributed by atoms with Crippen molar-refractivity contribution in [3.8, 4) is 0 Å². The van der Waals surface area contributed by atoms with Gasteiger partial charge in [-0.3, -0.25) is 4.79 Å². The van der Waals surface area contributed by atoms with E-state index in [9.17, 15) is 22.0 Å². The molecule has 3 aromatic rings. The van der Waals surface area contributed by atoms with Crippen LogP contribution in [0.1, 0.15) is 48.9 Å². The second-order valence-corrected chi connectivity index (χ2v) is 12.9. The zero-order valence-electron chi connectivity index (χ0n) is 21.1. The zero-order valence-corrected chi connectivity index (χ0v) is 22.0. The lowest BCUT2D eigenvalue weighted by atomic mass is 9.93. The molecule has 6 rings (SSSR count). The second-order valence-electron chi connectivity index (χ2n) is 10.9. The van der Waals surface area contributed by atoms with E-state index in [0.29, 0.717) is 33.5 Å². The Morgan fingerprint density at radius 3 is 2.34 bits per heavy atom. The number of benzene rings is 1. The van der Waals surface area contributed by atoms with Crippen LogP contribution < -0.4 is 15.1 Å². The Morgan fingerprint density at radius 2 is 1.68 bits per heavy atom. The molecular weight excluding hydrogens is 514 g/mol. The van der Waals surface area contributed by atoms with Gasteiger partial charge in [0, 0.05) is 51.3 Å². The molecule has 38 heavy (non-hydrogen) atoms. The number of aromatic amines is 1. The molecule has 9 nitrogen and oxygen atoms in total. The summed E-state index contributed by atoms with van der Waals surface area (Å²) in [5, 5.41) is 2.85. The van der Waals surface area contributed by atoms with Crippen LogP contribution in [0.4, 0.5) is 26.1 Å². The molecule has 1 aromatic carbocycles. The summed E-state index contributed by atoms with van der Waals surface area (Å²) in [4.78, 5) is 29.5. The van der Waals surface area contributed by atoms with Crippen molar-refractivity contribution in [3.63, 3.8) is 0 Å². The first kappa shape index (κ1) is 25.0. The number of anilines is 3. The van der Waals surface area contributed by atoms with Crippen molar-refractivity contribution in [2.45, 2.75) is 49.3 Å². The quantitative estimate of drug-likeness (QED) is 0.495. The second kappa shape index (κ2) is 8.89. The number of rotatable bonds is 5. The van der Waals surface area contributed by atoms with Gasteiger partial charge in [0.15, 0.2) is 15.7 Å². The van der Waals surface area contributed by atoms with Gasteiger partial charge < -0.3 is 20.1 Å². The summed E-state index contributed by atoms with van der Waals surface area (Å²) < 4.78 is 52.1. The fourth-order valence-corrected chi connectivity index (χ4v) is 6.18. The van der Waals surface area contributed by atoms with E-state index in [0.717, 1.165) is 32.2 Å². The average molecular weight is 545 g/mol. The molecule has 3 aliphatic rings. The van der Waals surface area contributed by atoms with Gasteiger partial charge in [0.2, 0.25) is 0 Å². The highest BCUT2D eigenvalue weighted by atomic mass is 32.2. The van der Waals surface area contributed by atoms with Crippen LogP contribution in [0.2, 0.25) is 0 Å². The number of imidazole rings is 1. The Kier molecular flexibility index (Phi) is 5.85. The Bertz CT molecular complexity index is 1500. The first-order chi connectivity index (χ1) is 18.0. The monoisotopic (exact) mass is 544 g/mol. The van der Waals surface area contributed by atoms with Gasteiger partial charge in [0.25, 0.3) is 11.8 Å². The number of piperidine rings is 2. The van der Waals surface area contributed by atoms with Crippen LogP contribution in [0.15, 0.2) is 35.5 Å². The Balaban J connectivity index is 1.31. The van der Waals surface area contributed by atoms with Gasteiger partial charge in [-0.2, -0.15) is 0 Å². The third-order valence-corrected chi connectivity index (χ3v) is 9.30. The fraction of sp³-hybridized carbons (Fsp3) is 0.500. The van der Waals surface area contributed by atoms with Crippen molar-refractivity contribution in [2.24, 2.45) is 5.41 Å². The average Bonchev–Trinajstić information content (AvgIpc) is 3.45. The van der Waals surface area contributed by atoms with Crippen LogP contribution in [-0.2, 0) is 9.84 Å². The molecule has 0 atom stereocenters. The number of nitrogens with zero attached hydrogens (tertiary/aromatic N) is 4. The van der Waals surface area contributed by atoms with Crippen LogP contribution in [0, 0.1) is 5.41 Å². The third kappa shape index (κ3) is 4.81. The van der Waals surface area contributed by atoms with E-state index >= 15 is 0 Å². The van der Waals surface area contributed by atoms with E-state index < -0.39 is 21.7 Å². The number of nitrogens with one attached hydrogen (secondary N) is 2. The number of sulfone groups is 1. The molecule has 1 spiro atoms. The summed E-state index contributed by atoms with van der Waals surface area (Å²) >= 11 is 0. The van der Waals surface area contributed by atoms with E-state index in [-0.39, 0.29) is 36.6 Å². The highest BCUT2D eigenvalue weighted by Gasteiger charge is 2.44. The number of alkyl halides is 2. The molecule has 1 aliphatic carbocycles. The van der Waals surface area contributed by atoms with Crippen molar-refractivity contribution >= 4 is 44.1 Å². The van der Waals surface area contributed by atoms with Crippen molar-refractivity contribution in [1.82, 2.24) is 15.0 Å². The minimum Gasteiger partial charge on any atom is -0.371 e. The van der Waals surface area contributed by atoms with Crippen molar-refractivity contribution in [3.05, 3.63) is 36.2 Å². The molecule has 3 fully saturated rings. The van der Waals surface area contributed by atoms with Crippen LogP contribution in [0.5, 0.6) is 0 Å². The van der Waals surface area contributed by atoms with E-state index in [2.05, 4.69) is 25.2 Å². The predicted molar refractivity (Wildman–Crippen MR) is 141 cm³/mol. The standard InChI is InChI=1S/C26H30F2N6O3S/c1-38(36,37)17-2-3-18(20(14-17)33-10-6-25(4-5-25)7-11-33)24(35)32-21-15-19-22(30-16-29-19)23(31-21)34-12-8-26(27,28)9-13-34/h2-3,14-16H,4-13H2,1H3,(H,29,30)(H,31,32,35). The maximum atomic E-state index is 13.8. The number of carbonyl (C=O) groups is 1. The Morgan fingerprint density at radius 1 is 1.00 bits per heavy atom. The predicted octanol–water partition coefficient (Wildman–Crippen LogP) is 4.23. The topological polar surface area (TPSA) is 111 Å². The molecule has 2 N–H and O–H groups in total. The summed E-state index contributed by atoms with van der Waals surface area (Å²) in [6.45, 7) is 1.78. The van der Waals surface area contributed by atoms with Crippen molar-refractivity contribution in [2.75, 3.05) is 47.6 Å². The molecule has 4 heterocycles. The molecule has 2 saturated heterocycles. The summed E-state index contributed by atoms with van der Waals surface area (Å²) in [6, 6.07) is 6.24. The maximum absolute atomic E-state index is 13.8. The number of carbonyl (C=O) groups excluding carboxylic acids is 1. The summed E-state index contributed by atoms with van der Waals surface area (Å²) in [6.07, 6.45) is 6.62. The Hall–Kier alpha value is -3.28. The summed E-state index contributed by atoms with van der Waals surface area (Å²) in [5.41, 5.74) is 2.54. The highest BCUT2D eigenvalue weighted by molar-refractivity contribution is 7.90. The van der Waals surface area contributed by atoms with Gasteiger partial charge in [-0.15, -0.1) is 0 Å². The molecule has 1 saturated carbocycles. The molecule has 0 unspecified atom stereocenters. The number of halogens is 2. The number of fused-ring (bicyclic) bond motifs is 1. The number of hydrogen-bond donors (Lipinski definition) is 2. The van der Waals surface area contributed by atoms with Crippen LogP contribution >= 0.6 is 0 Å². The van der Waals surface area contributed by atoms with Crippen molar-refractivity contribution < 1.29 is 22.0 Å². The molecule has 202 valence electrons. The lowest BCUT2D eigenvalue weighted by Gasteiger charge is -2.35. The molecule has 12 heteroatoms. The van der Waals surface area contributed by atoms with Gasteiger partial charge in [0.05, 0.1) is 28.0 Å². The lowest BCUT2D eigenvalue weighted by molar-refractivity contribution is -0.0221. The van der Waals surface area contributed by atoms with Gasteiger partial charge in [-0.05, 0) is 49.3 Å². The normalized spacial score (nSPS) is 20.6. The molecular formula is C26H30F2N6O3S. The van der Waals surface area contributed by atoms with E-state index in [1.807, 2.05) is 0 Å². The third-order valence-electron chi connectivity index (χ3n) is 8.19. The number of hydrogen-bond acceptors (Lipinski definition) is 7. The number of aromatic nitrogens is 3. The number of pyridine rings is 1. The van der Waals surface area contributed by atoms with Crippen LogP contribution in [-0.4, -0.2) is 67.6 Å². The number of amides is 1. The minimum atomic E-state index is -3.46. The highest BCUT2D eigenvalue weighted by Crippen LogP contribution is 2.54. The van der Waals surface area contributed by atoms with Crippen LogP contribution in [0.25, 0.3) is 11.0 Å². The lowest BCUT2D eigenvalue weighted by Crippen LogP contribution is -2.40. The maximum Gasteiger partial charge on any atom is 0.258 e. The fourth-order valence-electron chi connectivity index (χ4n) is 5.54. The SMILES string of the molecule is CS(=O)(=O)c1ccc(C(=O)Nc2cc3[nH]cnc3c(N3CCC(F)(F)CC3)n2)c(N2CCC3(CC2)CC3)c1. The molecule has 0 bridgehead atoms. The van der Waals surface area contributed by atoms with E-state index in [1.54, 1.807) is 23.1 Å². The van der Waals surface area contributed by atoms with Gasteiger partial charge in [0.1, 0.15) is 11.3 Å². The first-order valence-electron chi connectivity index (χ1n) is 12.9. The van der Waals surface area contributed by atoms with Crippen LogP contribution in [0.3, 0.4) is 0 Å². The zero-order chi connectivity index (χ0) is 26.7. The number of H-pyrrole nitrogens is 1. The smallest absolute Gasteiger partial charge is 0.258 e. The summed E-state index contributed by atoms with van der Waals surface area (Å²) in [7, 11) is -3.46. The largest absolute Gasteiger partial charge is 0.371 e. The molecule has 2 aromatic heterocycles. The van der Waals surface area contributed by atoms with E-state index in [1.165, 1.54) is 25.2 Å². The Labute approximate surface area is 219 Å². The van der Waals surface area contributed by atoms with Gasteiger partial charge in [-0.25, -0.2) is 27.2 Å². The first-order valence-corrected chi connectivity index (χ1v) is 14.8. The molecule has 1 amide bonds. The summed E-state index contributed by atoms with van der Waals surface area (Å²) in [5.74, 6) is -2.43. The van der Waals surface area contributed by atoms with Gasteiger partial charge in [-0.1, -0.05) is 0 Å². The molecule has 2 aliphatic heterocycles. The minimum absolute atomic E-state index is 0.132. The molecule has 0 radical (unpaired) electrons. The van der Waals surface area contributed by atoms with Crippen molar-refractivity contribution in [1.29, 1.82) is 0 Å². The van der Waals surface area contributed by atoms with E-state index in [4.69, 9.17) is 0 Å². The van der Waals surface area contributed by atoms with Gasteiger partial charge >= 0.3 is 0 Å².